The maximum Gasteiger partial charge on any atom is 0 e. The Kier molecular flexibility index (Phi) is 38.1. The Labute approximate surface area is 561 Å². The molecule has 0 bridgehead atoms. The van der Waals surface area contributed by atoms with E-state index in [0.29, 0.717) is 0 Å². The van der Waals surface area contributed by atoms with Crippen molar-refractivity contribution in [3.8, 4) is 0 Å². The topological polar surface area (TPSA) is 0 Å². The van der Waals surface area contributed by atoms with Gasteiger partial charge in [-0.2, -0.15) is 0 Å². The van der Waals surface area contributed by atoms with Crippen molar-refractivity contribution in [3.05, 3.63) is 62.8 Å². The molecule has 0 aliphatic heterocycles. The lowest BCUT2D eigenvalue weighted by molar-refractivity contribution is 0.151. The van der Waals surface area contributed by atoms with Gasteiger partial charge in [0.2, 0.25) is 0 Å². The molecule has 0 amide bonds. The van der Waals surface area contributed by atoms with Crippen LogP contribution in [0.3, 0.4) is 0 Å². The Morgan fingerprint density at radius 1 is 0.253 bits per heavy atom. The normalized spacial score (nSPS) is 38.4. The average Bonchev–Trinajstić information content (AvgIpc) is 1.75. The molecule has 522 valence electrons. The maximum absolute atomic E-state index is 3.97. The third kappa shape index (κ3) is 27.7. The molecule has 0 nitrogen and oxygen atoms in total. The van der Waals surface area contributed by atoms with Gasteiger partial charge in [0, 0.05) is 14.3 Å². The first-order valence-corrected chi connectivity index (χ1v) is 40.7. The highest BCUT2D eigenvalue weighted by Crippen LogP contribution is 2.47. The lowest BCUT2D eigenvalue weighted by atomic mass is 9.68. The van der Waals surface area contributed by atoms with Crippen LogP contribution in [0.15, 0.2) is 62.8 Å². The number of unbranched alkanes of at least 4 members (excludes halogenated alkanes) is 3. The van der Waals surface area contributed by atoms with E-state index in [2.05, 4.69) is 104 Å². The fourth-order valence-electron chi connectivity index (χ4n) is 21.0. The highest BCUT2D eigenvalue weighted by Gasteiger charge is 2.35. The van der Waals surface area contributed by atoms with Gasteiger partial charge in [0.05, 0.1) is 0 Å². The Morgan fingerprint density at radius 2 is 0.471 bits per heavy atom. The first-order chi connectivity index (χ1) is 42.6. The first kappa shape index (κ1) is 74.7. The molecule has 0 aromatic carbocycles. The number of allylic oxidation sites excluding steroid dienone is 6. The van der Waals surface area contributed by atoms with Gasteiger partial charge in [0.25, 0.3) is 0 Å². The summed E-state index contributed by atoms with van der Waals surface area (Å²) in [4.78, 5) is 0. The van der Waals surface area contributed by atoms with Crippen molar-refractivity contribution in [1.29, 1.82) is 0 Å². The second-order valence-corrected chi connectivity index (χ2v) is 33.2. The van der Waals surface area contributed by atoms with E-state index >= 15 is 0 Å². The minimum absolute atomic E-state index is 0. The third-order valence-corrected chi connectivity index (χ3v) is 27.4. The molecule has 10 aliphatic carbocycles. The van der Waals surface area contributed by atoms with Crippen molar-refractivity contribution >= 4 is 0 Å². The van der Waals surface area contributed by atoms with Gasteiger partial charge >= 0.3 is 0 Å². The van der Waals surface area contributed by atoms with Crippen LogP contribution in [0.2, 0.25) is 0 Å². The van der Waals surface area contributed by atoms with Crippen LogP contribution in [-0.2, 0) is 0 Å². The largest absolute Gasteiger partial charge is 0.103 e. The smallest absolute Gasteiger partial charge is 0 e. The molecule has 10 aliphatic rings. The quantitative estimate of drug-likeness (QED) is 0.0794. The summed E-state index contributed by atoms with van der Waals surface area (Å²) in [5.74, 6) is 20.3. The maximum atomic E-state index is 3.97. The van der Waals surface area contributed by atoms with Crippen LogP contribution >= 0.6 is 0 Å². The average molecular weight is 1220 g/mol. The summed E-state index contributed by atoms with van der Waals surface area (Å²) in [6, 6.07) is 0. The Bertz CT molecular complexity index is 1750. The van der Waals surface area contributed by atoms with Crippen LogP contribution in [0.4, 0.5) is 0 Å². The van der Waals surface area contributed by atoms with Crippen molar-refractivity contribution in [2.24, 2.45) is 118 Å². The molecule has 0 N–H and O–H groups in total. The molecule has 0 aromatic rings. The van der Waals surface area contributed by atoms with Gasteiger partial charge in [0.1, 0.15) is 0 Å². The number of hydrogen-bond donors (Lipinski definition) is 0. The molecule has 0 heteroatoms. The predicted molar refractivity (Wildman–Crippen MR) is 410 cm³/mol. The SMILES string of the molecule is C/C=C/C1CCC(C2CCC(CCC)CC2)CC1.C=CC1CCC(C2CCC(C)CC2)CC1.C=CC1CCC(C2CCC(CCC)CC2)CC1.C=CC1CCC(C2CCC(CCCC)CC2)CC1.C=CC1CCC(C2CCC(CCCCC)CC2)CC1.[HH].[HH].[HH].[HH].[HH].[HH].[HH].[HH].[HH].[HH]. The summed E-state index contributed by atoms with van der Waals surface area (Å²) >= 11 is 0. The van der Waals surface area contributed by atoms with Crippen LogP contribution in [-0.4, -0.2) is 0 Å². The van der Waals surface area contributed by atoms with E-state index in [9.17, 15) is 0 Å². The zero-order valence-corrected chi connectivity index (χ0v) is 59.9. The van der Waals surface area contributed by atoms with Crippen LogP contribution in [0.5, 0.6) is 0 Å². The molecule has 0 radical (unpaired) electrons. The van der Waals surface area contributed by atoms with Crippen molar-refractivity contribution in [2.45, 2.75) is 369 Å². The first-order valence-electron chi connectivity index (χ1n) is 40.7. The van der Waals surface area contributed by atoms with Crippen LogP contribution in [0.1, 0.15) is 383 Å². The van der Waals surface area contributed by atoms with Crippen LogP contribution in [0, 0.1) is 118 Å². The molecule has 0 spiro atoms. The highest BCUT2D eigenvalue weighted by molar-refractivity contribution is 4.93. The van der Waals surface area contributed by atoms with Gasteiger partial charge in [-0.3, -0.25) is 0 Å². The van der Waals surface area contributed by atoms with Crippen LogP contribution < -0.4 is 0 Å². The van der Waals surface area contributed by atoms with E-state index in [0.717, 1.165) is 118 Å². The monoisotopic (exact) mass is 1220 g/mol. The van der Waals surface area contributed by atoms with Gasteiger partial charge in [-0.25, -0.2) is 0 Å². The Balaban J connectivity index is -0.000000355. The minimum Gasteiger partial charge on any atom is -0.103 e. The fraction of sp³-hybridized carbons (Fsp3) is 0.885. The molecule has 87 heavy (non-hydrogen) atoms. The summed E-state index contributed by atoms with van der Waals surface area (Å²) in [7, 11) is 0. The van der Waals surface area contributed by atoms with E-state index in [4.69, 9.17) is 0 Å². The molecule has 0 atom stereocenters. The number of hydrogen-bond acceptors (Lipinski definition) is 0. The molecule has 0 unspecified atom stereocenters. The zero-order valence-electron chi connectivity index (χ0n) is 59.9. The predicted octanol–water partition coefficient (Wildman–Crippen LogP) is 31.2. The van der Waals surface area contributed by atoms with Gasteiger partial charge < -0.3 is 0 Å². The van der Waals surface area contributed by atoms with Gasteiger partial charge in [-0.05, 0) is 318 Å². The van der Waals surface area contributed by atoms with Crippen molar-refractivity contribution in [3.63, 3.8) is 0 Å². The lowest BCUT2D eigenvalue weighted by Crippen LogP contribution is -2.25. The lowest BCUT2D eigenvalue weighted by Gasteiger charge is -2.37. The zero-order chi connectivity index (χ0) is 61.9. The molecule has 10 fully saturated rings. The summed E-state index contributed by atoms with van der Waals surface area (Å²) in [5.41, 5.74) is 0. The molecule has 10 saturated carbocycles. The van der Waals surface area contributed by atoms with Crippen molar-refractivity contribution in [1.82, 2.24) is 0 Å². The van der Waals surface area contributed by atoms with Crippen molar-refractivity contribution in [2.75, 3.05) is 0 Å². The van der Waals surface area contributed by atoms with Crippen LogP contribution in [0.25, 0.3) is 0 Å². The summed E-state index contributed by atoms with van der Waals surface area (Å²) in [5, 5.41) is 0. The second-order valence-electron chi connectivity index (χ2n) is 33.2. The summed E-state index contributed by atoms with van der Waals surface area (Å²) in [6.45, 7) is 29.7. The Morgan fingerprint density at radius 3 is 0.701 bits per heavy atom. The molecular formula is C87H174. The van der Waals surface area contributed by atoms with E-state index in [-0.39, 0.29) is 14.3 Å². The highest BCUT2D eigenvalue weighted by atomic mass is 14.4. The summed E-state index contributed by atoms with van der Waals surface area (Å²) < 4.78 is 0. The summed E-state index contributed by atoms with van der Waals surface area (Å²) in [6.07, 6.45) is 89.2. The van der Waals surface area contributed by atoms with E-state index in [1.807, 2.05) is 0 Å². The van der Waals surface area contributed by atoms with Gasteiger partial charge in [-0.15, -0.1) is 26.3 Å². The van der Waals surface area contributed by atoms with Crippen molar-refractivity contribution < 1.29 is 14.3 Å². The minimum atomic E-state index is 0. The molecule has 0 saturated heterocycles. The molecule has 10 rings (SSSR count). The number of rotatable bonds is 21. The van der Waals surface area contributed by atoms with Gasteiger partial charge in [0.15, 0.2) is 0 Å². The van der Waals surface area contributed by atoms with E-state index in [1.165, 1.54) is 302 Å². The fourth-order valence-corrected chi connectivity index (χ4v) is 21.0. The van der Waals surface area contributed by atoms with E-state index in [1.54, 1.807) is 25.7 Å². The molecule has 0 heterocycles. The molecular weight excluding hydrogens is 1040 g/mol. The Hall–Kier alpha value is -1.30. The third-order valence-electron chi connectivity index (χ3n) is 27.4. The molecule has 0 aromatic heterocycles. The standard InChI is InChI=1S/C19H34.2C18H32.C17H30.C15H26.10H2/c1-3-5-6-7-17-10-14-19(15-11-17)18-12-8-16(4-2)9-13-18;1-3-5-6-16-9-13-18(14-10-16)17-11-7-15(4-2)8-12-17;1-3-5-15-7-11-17(12-8-15)18-13-9-16(6-4-2)10-14-18;1-3-5-15-8-12-17(13-9-15)16-10-6-14(4-2)7-11-16;1-3-13-6-10-15(11-7-13)14-8-4-12(2)5-9-14;;;;;;;;;;/h4,16-19H,2-3,5-15H2,1H3;4,15-18H,2-3,5-14H2,1H3;3,5,15-18H,4,6-14H2,1-2H3;4,14-17H,2-3,5-13H2,1H3;3,12-15H,1,4-11H2,2H3;10*1H/b;;5-3+;;;;;;;;;;;;. The van der Waals surface area contributed by atoms with E-state index < -0.39 is 0 Å². The van der Waals surface area contributed by atoms with Gasteiger partial charge in [-0.1, -0.05) is 206 Å². The second kappa shape index (κ2) is 44.3.